The molecular formula is C15H18BrNO2S. The number of thiophene rings is 1. The second-order valence-electron chi connectivity index (χ2n) is 4.42. The average molecular weight is 356 g/mol. The molecule has 5 heteroatoms. The topological polar surface area (TPSA) is 30.5 Å². The molecule has 0 saturated carbocycles. The first-order chi connectivity index (χ1) is 9.65. The zero-order chi connectivity index (χ0) is 14.5. The fourth-order valence-corrected chi connectivity index (χ4v) is 3.15. The van der Waals surface area contributed by atoms with E-state index in [-0.39, 0.29) is 0 Å². The quantitative estimate of drug-likeness (QED) is 0.833. The molecule has 0 aliphatic rings. The number of methoxy groups -OCH3 is 2. The van der Waals surface area contributed by atoms with Crippen LogP contribution in [0.4, 0.5) is 0 Å². The van der Waals surface area contributed by atoms with Crippen LogP contribution in [0.15, 0.2) is 34.1 Å². The molecule has 0 amide bonds. The van der Waals surface area contributed by atoms with Crippen molar-refractivity contribution in [2.75, 3.05) is 14.2 Å². The van der Waals surface area contributed by atoms with Gasteiger partial charge >= 0.3 is 0 Å². The Morgan fingerprint density at radius 2 is 1.95 bits per heavy atom. The fourth-order valence-electron chi connectivity index (χ4n) is 1.93. The van der Waals surface area contributed by atoms with Crippen LogP contribution in [0.2, 0.25) is 0 Å². The van der Waals surface area contributed by atoms with Crippen LogP contribution in [0.5, 0.6) is 11.5 Å². The molecule has 0 bridgehead atoms. The van der Waals surface area contributed by atoms with E-state index >= 15 is 0 Å². The molecule has 1 aromatic heterocycles. The normalized spacial score (nSPS) is 12.2. The molecule has 2 rings (SSSR count). The lowest BCUT2D eigenvalue weighted by atomic mass is 10.2. The van der Waals surface area contributed by atoms with Gasteiger partial charge in [0, 0.05) is 21.9 Å². The molecule has 0 fully saturated rings. The molecule has 108 valence electrons. The van der Waals surface area contributed by atoms with Crippen LogP contribution < -0.4 is 14.8 Å². The minimum absolute atomic E-state index is 0.329. The van der Waals surface area contributed by atoms with Gasteiger partial charge in [0.25, 0.3) is 0 Å². The summed E-state index contributed by atoms with van der Waals surface area (Å²) in [5.41, 5.74) is 1.14. The summed E-state index contributed by atoms with van der Waals surface area (Å²) in [6.07, 6.45) is 0. The van der Waals surface area contributed by atoms with Crippen molar-refractivity contribution < 1.29 is 9.47 Å². The smallest absolute Gasteiger partial charge is 0.161 e. The summed E-state index contributed by atoms with van der Waals surface area (Å²) >= 11 is 5.34. The highest BCUT2D eigenvalue weighted by Crippen LogP contribution is 2.33. The molecule has 1 atom stereocenters. The van der Waals surface area contributed by atoms with Crippen molar-refractivity contribution in [2.24, 2.45) is 0 Å². The zero-order valence-electron chi connectivity index (χ0n) is 11.8. The number of benzene rings is 1. The van der Waals surface area contributed by atoms with E-state index in [0.717, 1.165) is 28.1 Å². The van der Waals surface area contributed by atoms with Crippen LogP contribution in [0, 0.1) is 0 Å². The summed E-state index contributed by atoms with van der Waals surface area (Å²) < 4.78 is 11.6. The molecule has 0 spiro atoms. The van der Waals surface area contributed by atoms with Crippen LogP contribution in [0.1, 0.15) is 23.4 Å². The van der Waals surface area contributed by atoms with Crippen LogP contribution in [0.3, 0.4) is 0 Å². The molecule has 0 radical (unpaired) electrons. The molecule has 1 N–H and O–H groups in total. The fraction of sp³-hybridized carbons (Fsp3) is 0.333. The molecule has 1 heterocycles. The minimum atomic E-state index is 0.329. The van der Waals surface area contributed by atoms with Gasteiger partial charge < -0.3 is 14.8 Å². The summed E-state index contributed by atoms with van der Waals surface area (Å²) in [5.74, 6) is 1.48. The van der Waals surface area contributed by atoms with Crippen LogP contribution in [0.25, 0.3) is 0 Å². The summed E-state index contributed by atoms with van der Waals surface area (Å²) in [6, 6.07) is 8.48. The highest BCUT2D eigenvalue weighted by atomic mass is 79.9. The van der Waals surface area contributed by atoms with E-state index in [1.807, 2.05) is 12.1 Å². The Hall–Kier alpha value is -1.04. The standard InChI is InChI=1S/C15H18BrNO2S/c1-10(15-5-4-6-20-15)17-9-11-7-13(18-2)14(19-3)8-12(11)16/h4-8,10,17H,9H2,1-3H3. The Balaban J connectivity index is 2.09. The number of halogens is 1. The Kier molecular flexibility index (Phi) is 5.46. The Bertz CT molecular complexity index is 557. The maximum Gasteiger partial charge on any atom is 0.161 e. The molecule has 0 saturated heterocycles. The van der Waals surface area contributed by atoms with Crippen LogP contribution in [-0.4, -0.2) is 14.2 Å². The van der Waals surface area contributed by atoms with Crippen molar-refractivity contribution in [3.05, 3.63) is 44.6 Å². The lowest BCUT2D eigenvalue weighted by molar-refractivity contribution is 0.354. The number of hydrogen-bond donors (Lipinski definition) is 1. The maximum absolute atomic E-state index is 5.34. The van der Waals surface area contributed by atoms with Gasteiger partial charge in [0.15, 0.2) is 11.5 Å². The summed E-state index contributed by atoms with van der Waals surface area (Å²) in [6.45, 7) is 2.93. The van der Waals surface area contributed by atoms with Gasteiger partial charge in [0.05, 0.1) is 14.2 Å². The first kappa shape index (κ1) is 15.4. The number of hydrogen-bond acceptors (Lipinski definition) is 4. The Labute approximate surface area is 132 Å². The predicted octanol–water partition coefficient (Wildman–Crippen LogP) is 4.38. The van der Waals surface area contributed by atoms with Gasteiger partial charge in [-0.15, -0.1) is 11.3 Å². The van der Waals surface area contributed by atoms with E-state index in [2.05, 4.69) is 45.7 Å². The van der Waals surface area contributed by atoms with E-state index in [0.29, 0.717) is 6.04 Å². The third kappa shape index (κ3) is 3.53. The lowest BCUT2D eigenvalue weighted by Gasteiger charge is -2.15. The third-order valence-electron chi connectivity index (χ3n) is 3.12. The SMILES string of the molecule is COc1cc(Br)c(CNC(C)c2cccs2)cc1OC. The van der Waals surface area contributed by atoms with Gasteiger partial charge in [-0.3, -0.25) is 0 Å². The van der Waals surface area contributed by atoms with Crippen LogP contribution in [-0.2, 0) is 6.54 Å². The summed E-state index contributed by atoms with van der Waals surface area (Å²) in [4.78, 5) is 1.33. The Morgan fingerprint density at radius 1 is 1.25 bits per heavy atom. The van der Waals surface area contributed by atoms with Crippen molar-refractivity contribution in [1.82, 2.24) is 5.32 Å². The van der Waals surface area contributed by atoms with Crippen molar-refractivity contribution in [3.63, 3.8) is 0 Å². The monoisotopic (exact) mass is 355 g/mol. The Morgan fingerprint density at radius 3 is 2.55 bits per heavy atom. The van der Waals surface area contributed by atoms with E-state index in [4.69, 9.17) is 9.47 Å². The number of rotatable bonds is 6. The molecule has 20 heavy (non-hydrogen) atoms. The zero-order valence-corrected chi connectivity index (χ0v) is 14.2. The summed E-state index contributed by atoms with van der Waals surface area (Å²) in [5, 5.41) is 5.61. The maximum atomic E-state index is 5.34. The molecule has 3 nitrogen and oxygen atoms in total. The van der Waals surface area contributed by atoms with Gasteiger partial charge in [-0.2, -0.15) is 0 Å². The molecule has 2 aromatic rings. The minimum Gasteiger partial charge on any atom is -0.493 e. The second-order valence-corrected chi connectivity index (χ2v) is 6.25. The van der Waals surface area contributed by atoms with E-state index in [1.165, 1.54) is 4.88 Å². The second kappa shape index (κ2) is 7.11. The van der Waals surface area contributed by atoms with Gasteiger partial charge in [0.2, 0.25) is 0 Å². The largest absolute Gasteiger partial charge is 0.493 e. The molecule has 1 aromatic carbocycles. The first-order valence-corrected chi connectivity index (χ1v) is 8.00. The predicted molar refractivity (Wildman–Crippen MR) is 86.8 cm³/mol. The molecule has 0 aliphatic carbocycles. The van der Waals surface area contributed by atoms with E-state index in [9.17, 15) is 0 Å². The van der Waals surface area contributed by atoms with Crippen molar-refractivity contribution in [1.29, 1.82) is 0 Å². The highest BCUT2D eigenvalue weighted by Gasteiger charge is 2.11. The number of nitrogens with one attached hydrogen (secondary N) is 1. The third-order valence-corrected chi connectivity index (χ3v) is 4.91. The molecular weight excluding hydrogens is 338 g/mol. The van der Waals surface area contributed by atoms with E-state index < -0.39 is 0 Å². The van der Waals surface area contributed by atoms with Gasteiger partial charge in [-0.05, 0) is 36.1 Å². The first-order valence-electron chi connectivity index (χ1n) is 6.33. The van der Waals surface area contributed by atoms with Crippen molar-refractivity contribution in [2.45, 2.75) is 19.5 Å². The highest BCUT2D eigenvalue weighted by molar-refractivity contribution is 9.10. The molecule has 0 aliphatic heterocycles. The van der Waals surface area contributed by atoms with Crippen molar-refractivity contribution >= 4 is 27.3 Å². The average Bonchev–Trinajstić information content (AvgIpc) is 2.99. The molecule has 1 unspecified atom stereocenters. The summed E-state index contributed by atoms with van der Waals surface area (Å²) in [7, 11) is 3.29. The van der Waals surface area contributed by atoms with Crippen LogP contribution >= 0.6 is 27.3 Å². The number of ether oxygens (including phenoxy) is 2. The van der Waals surface area contributed by atoms with E-state index in [1.54, 1.807) is 25.6 Å². The van der Waals surface area contributed by atoms with Gasteiger partial charge in [-0.1, -0.05) is 22.0 Å². The van der Waals surface area contributed by atoms with Crippen molar-refractivity contribution in [3.8, 4) is 11.5 Å². The van der Waals surface area contributed by atoms with Gasteiger partial charge in [-0.25, -0.2) is 0 Å². The lowest BCUT2D eigenvalue weighted by Crippen LogP contribution is -2.17. The van der Waals surface area contributed by atoms with Gasteiger partial charge in [0.1, 0.15) is 0 Å².